The van der Waals surface area contributed by atoms with Crippen molar-refractivity contribution in [3.8, 4) is 0 Å². The summed E-state index contributed by atoms with van der Waals surface area (Å²) in [6.45, 7) is 5.06. The first-order chi connectivity index (χ1) is 9.47. The Labute approximate surface area is 118 Å². The van der Waals surface area contributed by atoms with Crippen molar-refractivity contribution >= 4 is 17.6 Å². The summed E-state index contributed by atoms with van der Waals surface area (Å²) in [6, 6.07) is 5.39. The van der Waals surface area contributed by atoms with E-state index < -0.39 is 5.97 Å². The van der Waals surface area contributed by atoms with Gasteiger partial charge in [0.25, 0.3) is 0 Å². The lowest BCUT2D eigenvalue weighted by molar-refractivity contribution is -0.129. The summed E-state index contributed by atoms with van der Waals surface area (Å²) in [5.41, 5.74) is 2.19. The maximum Gasteiger partial charge on any atom is 0.335 e. The lowest BCUT2D eigenvalue weighted by atomic mass is 10.0. The highest BCUT2D eigenvalue weighted by Gasteiger charge is 2.21. The molecule has 1 amide bonds. The first-order valence-corrected chi connectivity index (χ1v) is 6.83. The number of carbonyl (C=O) groups excluding carboxylic acids is 1. The van der Waals surface area contributed by atoms with Crippen LogP contribution in [0.1, 0.15) is 35.7 Å². The van der Waals surface area contributed by atoms with Crippen molar-refractivity contribution in [1.29, 1.82) is 0 Å². The third-order valence-electron chi connectivity index (χ3n) is 3.78. The van der Waals surface area contributed by atoms with Crippen molar-refractivity contribution in [1.82, 2.24) is 4.90 Å². The Morgan fingerprint density at radius 2 is 1.95 bits per heavy atom. The van der Waals surface area contributed by atoms with E-state index in [0.29, 0.717) is 5.56 Å². The molecular weight excluding hydrogens is 256 g/mol. The SMILES string of the molecule is CC(=O)N1CCC(Nc2cc(C(=O)O)ccc2C)CC1. The van der Waals surface area contributed by atoms with E-state index in [1.807, 2.05) is 17.9 Å². The van der Waals surface area contributed by atoms with Crippen LogP contribution in [-0.4, -0.2) is 41.0 Å². The van der Waals surface area contributed by atoms with E-state index in [-0.39, 0.29) is 11.9 Å². The van der Waals surface area contributed by atoms with Crippen molar-refractivity contribution in [2.24, 2.45) is 0 Å². The maximum atomic E-state index is 11.3. The van der Waals surface area contributed by atoms with E-state index >= 15 is 0 Å². The molecule has 5 heteroatoms. The van der Waals surface area contributed by atoms with Crippen LogP contribution in [0.3, 0.4) is 0 Å². The summed E-state index contributed by atoms with van der Waals surface area (Å²) < 4.78 is 0. The Morgan fingerprint density at radius 1 is 1.30 bits per heavy atom. The van der Waals surface area contributed by atoms with E-state index in [4.69, 9.17) is 5.11 Å². The van der Waals surface area contributed by atoms with Gasteiger partial charge in [0.2, 0.25) is 5.91 Å². The van der Waals surface area contributed by atoms with Crippen LogP contribution in [0.25, 0.3) is 0 Å². The number of rotatable bonds is 3. The Balaban J connectivity index is 2.02. The van der Waals surface area contributed by atoms with Gasteiger partial charge < -0.3 is 15.3 Å². The number of aryl methyl sites for hydroxylation is 1. The third kappa shape index (κ3) is 3.29. The van der Waals surface area contributed by atoms with Gasteiger partial charge in [-0.05, 0) is 37.5 Å². The summed E-state index contributed by atoms with van der Waals surface area (Å²) in [7, 11) is 0. The quantitative estimate of drug-likeness (QED) is 0.887. The summed E-state index contributed by atoms with van der Waals surface area (Å²) >= 11 is 0. The largest absolute Gasteiger partial charge is 0.478 e. The number of nitrogens with zero attached hydrogens (tertiary/aromatic N) is 1. The molecule has 0 unspecified atom stereocenters. The molecule has 108 valence electrons. The lowest BCUT2D eigenvalue weighted by Gasteiger charge is -2.32. The molecular formula is C15H20N2O3. The lowest BCUT2D eigenvalue weighted by Crippen LogP contribution is -2.41. The second-order valence-electron chi connectivity index (χ2n) is 5.26. The fourth-order valence-electron chi connectivity index (χ4n) is 2.47. The molecule has 1 aromatic carbocycles. The van der Waals surface area contributed by atoms with Crippen LogP contribution >= 0.6 is 0 Å². The number of piperidine rings is 1. The van der Waals surface area contributed by atoms with Gasteiger partial charge in [-0.25, -0.2) is 4.79 Å². The van der Waals surface area contributed by atoms with Gasteiger partial charge in [0, 0.05) is 31.7 Å². The second kappa shape index (κ2) is 5.94. The number of carboxylic acids is 1. The molecule has 0 aromatic heterocycles. The number of benzene rings is 1. The van der Waals surface area contributed by atoms with Gasteiger partial charge in [0.15, 0.2) is 0 Å². The number of nitrogens with one attached hydrogen (secondary N) is 1. The number of likely N-dealkylation sites (tertiary alicyclic amines) is 1. The average Bonchev–Trinajstić information content (AvgIpc) is 2.41. The zero-order chi connectivity index (χ0) is 14.7. The number of carbonyl (C=O) groups is 2. The normalized spacial score (nSPS) is 16.0. The summed E-state index contributed by atoms with van der Waals surface area (Å²) in [4.78, 5) is 24.1. The standard InChI is InChI=1S/C15H20N2O3/c1-10-3-4-12(15(19)20)9-14(10)16-13-5-7-17(8-6-13)11(2)18/h3-4,9,13,16H,5-8H2,1-2H3,(H,19,20). The van der Waals surface area contributed by atoms with Crippen LogP contribution in [-0.2, 0) is 4.79 Å². The van der Waals surface area contributed by atoms with E-state index in [9.17, 15) is 9.59 Å². The maximum absolute atomic E-state index is 11.3. The van der Waals surface area contributed by atoms with Crippen molar-refractivity contribution < 1.29 is 14.7 Å². The van der Waals surface area contributed by atoms with Crippen LogP contribution in [0.15, 0.2) is 18.2 Å². The molecule has 0 bridgehead atoms. The van der Waals surface area contributed by atoms with E-state index in [0.717, 1.165) is 37.2 Å². The summed E-state index contributed by atoms with van der Waals surface area (Å²) in [5.74, 6) is -0.799. The molecule has 1 heterocycles. The number of anilines is 1. The van der Waals surface area contributed by atoms with Crippen LogP contribution in [0.5, 0.6) is 0 Å². The minimum Gasteiger partial charge on any atom is -0.478 e. The Morgan fingerprint density at radius 3 is 2.50 bits per heavy atom. The van der Waals surface area contributed by atoms with Gasteiger partial charge >= 0.3 is 5.97 Å². The number of aromatic carboxylic acids is 1. The average molecular weight is 276 g/mol. The van der Waals surface area contributed by atoms with Gasteiger partial charge in [0.05, 0.1) is 5.56 Å². The van der Waals surface area contributed by atoms with Crippen LogP contribution in [0.2, 0.25) is 0 Å². The zero-order valence-corrected chi connectivity index (χ0v) is 11.8. The number of hydrogen-bond donors (Lipinski definition) is 2. The molecule has 2 N–H and O–H groups in total. The molecule has 0 radical (unpaired) electrons. The minimum absolute atomic E-state index is 0.118. The fourth-order valence-corrected chi connectivity index (χ4v) is 2.47. The highest BCUT2D eigenvalue weighted by molar-refractivity contribution is 5.89. The third-order valence-corrected chi connectivity index (χ3v) is 3.78. The fraction of sp³-hybridized carbons (Fsp3) is 0.467. The number of amides is 1. The molecule has 0 spiro atoms. The van der Waals surface area contributed by atoms with Crippen molar-refractivity contribution in [3.63, 3.8) is 0 Å². The molecule has 1 aliphatic heterocycles. The predicted molar refractivity (Wildman–Crippen MR) is 77.0 cm³/mol. The molecule has 5 nitrogen and oxygen atoms in total. The molecule has 1 aromatic rings. The van der Waals surface area contributed by atoms with Gasteiger partial charge in [-0.3, -0.25) is 4.79 Å². The van der Waals surface area contributed by atoms with Crippen LogP contribution in [0, 0.1) is 6.92 Å². The molecule has 0 aliphatic carbocycles. The number of hydrogen-bond acceptors (Lipinski definition) is 3. The van der Waals surface area contributed by atoms with E-state index in [2.05, 4.69) is 5.32 Å². The first kappa shape index (κ1) is 14.4. The van der Waals surface area contributed by atoms with Crippen LogP contribution in [0.4, 0.5) is 5.69 Å². The highest BCUT2D eigenvalue weighted by atomic mass is 16.4. The smallest absolute Gasteiger partial charge is 0.335 e. The summed E-state index contributed by atoms with van der Waals surface area (Å²) in [5, 5.41) is 12.4. The molecule has 1 saturated heterocycles. The zero-order valence-electron chi connectivity index (χ0n) is 11.8. The summed E-state index contributed by atoms with van der Waals surface area (Å²) in [6.07, 6.45) is 1.77. The van der Waals surface area contributed by atoms with Crippen molar-refractivity contribution in [2.75, 3.05) is 18.4 Å². The molecule has 0 atom stereocenters. The first-order valence-electron chi connectivity index (χ1n) is 6.83. The van der Waals surface area contributed by atoms with Crippen molar-refractivity contribution in [3.05, 3.63) is 29.3 Å². The van der Waals surface area contributed by atoms with Gasteiger partial charge in [-0.15, -0.1) is 0 Å². The Bertz CT molecular complexity index is 520. The molecule has 1 aliphatic rings. The van der Waals surface area contributed by atoms with Gasteiger partial charge in [0.1, 0.15) is 0 Å². The molecule has 1 fully saturated rings. The predicted octanol–water partition coefficient (Wildman–Crippen LogP) is 2.12. The second-order valence-corrected chi connectivity index (χ2v) is 5.26. The number of carboxylic acid groups (broad SMARTS) is 1. The van der Waals surface area contributed by atoms with Crippen LogP contribution < -0.4 is 5.32 Å². The van der Waals surface area contributed by atoms with E-state index in [1.165, 1.54) is 0 Å². The molecule has 0 saturated carbocycles. The van der Waals surface area contributed by atoms with Gasteiger partial charge in [-0.1, -0.05) is 6.07 Å². The Hall–Kier alpha value is -2.04. The minimum atomic E-state index is -0.917. The van der Waals surface area contributed by atoms with E-state index in [1.54, 1.807) is 19.1 Å². The highest BCUT2D eigenvalue weighted by Crippen LogP contribution is 2.21. The Kier molecular flexibility index (Phi) is 4.27. The van der Waals surface area contributed by atoms with Gasteiger partial charge in [-0.2, -0.15) is 0 Å². The molecule has 2 rings (SSSR count). The topological polar surface area (TPSA) is 69.6 Å². The monoisotopic (exact) mass is 276 g/mol. The van der Waals surface area contributed by atoms with Crippen molar-refractivity contribution in [2.45, 2.75) is 32.7 Å². The molecule has 20 heavy (non-hydrogen) atoms.